The second-order valence-electron chi connectivity index (χ2n) is 11.4. The number of nitrogens with one attached hydrogen (secondary N) is 1. The van der Waals surface area contributed by atoms with E-state index in [1.54, 1.807) is 44.2 Å². The summed E-state index contributed by atoms with van der Waals surface area (Å²) in [5.41, 5.74) is 10.4. The highest BCUT2D eigenvalue weighted by atomic mass is 79.9. The molecule has 0 radical (unpaired) electrons. The largest absolute Gasteiger partial charge is 0.478 e. The SMILES string of the molecule is C.CC(C)(C#N)c1cccc(C(=O)O)c1.Cc1ccc(N)cc1Br.Cc1ccc(NC(=O)c2cccc(C(C)(C)C#N)c2)cc1Br. The van der Waals surface area contributed by atoms with Gasteiger partial charge in [-0.1, -0.05) is 75.7 Å². The summed E-state index contributed by atoms with van der Waals surface area (Å²) in [5, 5.41) is 29.7. The molecule has 0 heterocycles. The van der Waals surface area contributed by atoms with Crippen molar-refractivity contribution in [2.24, 2.45) is 0 Å². The minimum absolute atomic E-state index is 0. The molecule has 0 aromatic heterocycles. The molecule has 0 aliphatic rings. The minimum Gasteiger partial charge on any atom is -0.478 e. The van der Waals surface area contributed by atoms with Gasteiger partial charge in [-0.15, -0.1) is 0 Å². The van der Waals surface area contributed by atoms with E-state index < -0.39 is 16.8 Å². The predicted molar refractivity (Wildman–Crippen MR) is 194 cm³/mol. The number of aryl methyl sites for hydroxylation is 2. The molecule has 4 N–H and O–H groups in total. The van der Waals surface area contributed by atoms with E-state index in [1.165, 1.54) is 17.7 Å². The zero-order valence-electron chi connectivity index (χ0n) is 26.1. The molecule has 0 bridgehead atoms. The molecule has 0 aliphatic carbocycles. The second kappa shape index (κ2) is 17.3. The first-order valence-electron chi connectivity index (χ1n) is 13.9. The minimum atomic E-state index is -0.972. The van der Waals surface area contributed by atoms with Crippen LogP contribution in [0.3, 0.4) is 0 Å². The first-order chi connectivity index (χ1) is 21.0. The molecule has 4 aromatic rings. The van der Waals surface area contributed by atoms with Crippen molar-refractivity contribution in [2.45, 2.75) is 59.8 Å². The van der Waals surface area contributed by atoms with Crippen LogP contribution in [-0.2, 0) is 10.8 Å². The number of carboxylic acid groups (broad SMARTS) is 1. The van der Waals surface area contributed by atoms with Gasteiger partial charge in [-0.25, -0.2) is 4.79 Å². The number of halogens is 2. The predicted octanol–water partition coefficient (Wildman–Crippen LogP) is 9.97. The number of carboxylic acids is 1. The fraction of sp³-hybridized carbons (Fsp3) is 0.243. The summed E-state index contributed by atoms with van der Waals surface area (Å²) in [5.74, 6) is -1.16. The van der Waals surface area contributed by atoms with Crippen molar-refractivity contribution in [2.75, 3.05) is 11.1 Å². The van der Waals surface area contributed by atoms with Gasteiger partial charge in [0.2, 0.25) is 0 Å². The summed E-state index contributed by atoms with van der Waals surface area (Å²) in [6.45, 7) is 11.2. The lowest BCUT2D eigenvalue weighted by molar-refractivity contribution is 0.0696. The highest BCUT2D eigenvalue weighted by molar-refractivity contribution is 9.10. The van der Waals surface area contributed by atoms with E-state index in [0.717, 1.165) is 37.0 Å². The van der Waals surface area contributed by atoms with E-state index in [-0.39, 0.29) is 18.9 Å². The molecule has 1 amide bonds. The molecule has 0 saturated heterocycles. The Labute approximate surface area is 289 Å². The van der Waals surface area contributed by atoms with Crippen LogP contribution in [0.5, 0.6) is 0 Å². The van der Waals surface area contributed by atoms with Gasteiger partial charge in [0.05, 0.1) is 28.5 Å². The Morgan fingerprint density at radius 3 is 1.63 bits per heavy atom. The summed E-state index contributed by atoms with van der Waals surface area (Å²) in [7, 11) is 0. The summed E-state index contributed by atoms with van der Waals surface area (Å²) in [6, 6.07) is 29.5. The molecular formula is C37H40Br2N4O3. The molecule has 7 nitrogen and oxygen atoms in total. The topological polar surface area (TPSA) is 140 Å². The quantitative estimate of drug-likeness (QED) is 0.174. The molecule has 0 atom stereocenters. The van der Waals surface area contributed by atoms with Crippen LogP contribution in [0.2, 0.25) is 0 Å². The Hall–Kier alpha value is -4.44. The van der Waals surface area contributed by atoms with Crippen molar-refractivity contribution >= 4 is 55.1 Å². The molecule has 4 aromatic carbocycles. The van der Waals surface area contributed by atoms with Crippen molar-refractivity contribution in [3.63, 3.8) is 0 Å². The number of nitriles is 2. The number of aromatic carboxylic acids is 1. The number of carbonyl (C=O) groups excluding carboxylic acids is 1. The van der Waals surface area contributed by atoms with Crippen molar-refractivity contribution in [1.29, 1.82) is 10.5 Å². The van der Waals surface area contributed by atoms with E-state index in [2.05, 4.69) is 49.3 Å². The van der Waals surface area contributed by atoms with Gasteiger partial charge in [0.15, 0.2) is 0 Å². The third kappa shape index (κ3) is 11.5. The van der Waals surface area contributed by atoms with Gasteiger partial charge in [0.1, 0.15) is 0 Å². The monoisotopic (exact) mass is 746 g/mol. The van der Waals surface area contributed by atoms with Crippen LogP contribution < -0.4 is 11.1 Å². The summed E-state index contributed by atoms with van der Waals surface area (Å²) >= 11 is 6.82. The number of rotatable bonds is 5. The average Bonchev–Trinajstić information content (AvgIpc) is 3.01. The lowest BCUT2D eigenvalue weighted by atomic mass is 9.85. The van der Waals surface area contributed by atoms with Gasteiger partial charge in [-0.2, -0.15) is 10.5 Å². The molecular weight excluding hydrogens is 708 g/mol. The molecule has 0 spiro atoms. The van der Waals surface area contributed by atoms with Crippen LogP contribution in [0.25, 0.3) is 0 Å². The van der Waals surface area contributed by atoms with E-state index in [0.29, 0.717) is 5.56 Å². The van der Waals surface area contributed by atoms with Crippen molar-refractivity contribution in [1.82, 2.24) is 0 Å². The Kier molecular flexibility index (Phi) is 14.9. The third-order valence-electron chi connectivity index (χ3n) is 6.86. The number of nitrogen functional groups attached to an aromatic ring is 1. The lowest BCUT2D eigenvalue weighted by Gasteiger charge is -2.16. The van der Waals surface area contributed by atoms with Gasteiger partial charge < -0.3 is 16.2 Å². The number of benzene rings is 4. The van der Waals surface area contributed by atoms with E-state index in [1.807, 2.05) is 70.2 Å². The van der Waals surface area contributed by atoms with Crippen LogP contribution >= 0.6 is 31.9 Å². The Bertz CT molecular complexity index is 1770. The van der Waals surface area contributed by atoms with E-state index in [4.69, 9.17) is 16.1 Å². The maximum atomic E-state index is 12.4. The second-order valence-corrected chi connectivity index (χ2v) is 13.1. The fourth-order valence-corrected chi connectivity index (χ4v) is 4.48. The van der Waals surface area contributed by atoms with Crippen molar-refractivity contribution in [3.8, 4) is 12.1 Å². The molecule has 0 fully saturated rings. The van der Waals surface area contributed by atoms with Crippen molar-refractivity contribution < 1.29 is 14.7 Å². The van der Waals surface area contributed by atoms with Crippen molar-refractivity contribution in [3.05, 3.63) is 127 Å². The Morgan fingerprint density at radius 2 is 1.20 bits per heavy atom. The number of hydrogen-bond donors (Lipinski definition) is 3. The van der Waals surface area contributed by atoms with Gasteiger partial charge >= 0.3 is 5.97 Å². The smallest absolute Gasteiger partial charge is 0.335 e. The number of hydrogen-bond acceptors (Lipinski definition) is 5. The van der Waals surface area contributed by atoms with Crippen LogP contribution in [0.15, 0.2) is 93.9 Å². The molecule has 0 aliphatic heterocycles. The standard InChI is InChI=1S/C18H17BrN2O.C11H11NO2.C7H8BrN.CH4/c1-12-7-8-15(10-16(12)19)21-17(22)13-5-4-6-14(9-13)18(2,3)11-20;1-11(2,7-12)9-5-3-4-8(6-9)10(13)14;1-5-2-3-6(9)4-7(5)8;/h4-10H,1-3H3,(H,21,22);3-6H,1-2H3,(H,13,14);2-4H,9H2,1H3;1H4. The maximum Gasteiger partial charge on any atom is 0.335 e. The Balaban J connectivity index is 0.000000377. The normalized spacial score (nSPS) is 10.3. The fourth-order valence-electron chi connectivity index (χ4n) is 3.70. The van der Waals surface area contributed by atoms with Crippen LogP contribution in [0.4, 0.5) is 11.4 Å². The highest BCUT2D eigenvalue weighted by Gasteiger charge is 2.21. The van der Waals surface area contributed by atoms with Crippen LogP contribution in [0.1, 0.15) is 78.1 Å². The number of anilines is 2. The average molecular weight is 749 g/mol. The molecule has 4 rings (SSSR count). The first kappa shape index (κ1) is 39.6. The molecule has 0 saturated carbocycles. The number of nitrogens with zero attached hydrogens (tertiary/aromatic N) is 2. The molecule has 0 unspecified atom stereocenters. The highest BCUT2D eigenvalue weighted by Crippen LogP contribution is 2.25. The summed E-state index contributed by atoms with van der Waals surface area (Å²) in [6.07, 6.45) is 0. The first-order valence-corrected chi connectivity index (χ1v) is 15.5. The maximum absolute atomic E-state index is 12.4. The molecule has 240 valence electrons. The number of carbonyl (C=O) groups is 2. The van der Waals surface area contributed by atoms with Gasteiger partial charge in [-0.05, 0) is 112 Å². The lowest BCUT2D eigenvalue weighted by Crippen LogP contribution is -2.17. The molecule has 9 heteroatoms. The zero-order chi connectivity index (χ0) is 33.9. The number of nitrogens with two attached hydrogens (primary N) is 1. The van der Waals surface area contributed by atoms with Gasteiger partial charge in [0.25, 0.3) is 5.91 Å². The number of amides is 1. The van der Waals surface area contributed by atoms with E-state index >= 15 is 0 Å². The molecule has 46 heavy (non-hydrogen) atoms. The van der Waals surface area contributed by atoms with Crippen LogP contribution in [-0.4, -0.2) is 17.0 Å². The third-order valence-corrected chi connectivity index (χ3v) is 8.57. The van der Waals surface area contributed by atoms with Crippen LogP contribution in [0, 0.1) is 36.5 Å². The van der Waals surface area contributed by atoms with Gasteiger partial charge in [0, 0.05) is 25.9 Å². The summed E-state index contributed by atoms with van der Waals surface area (Å²) < 4.78 is 2.02. The van der Waals surface area contributed by atoms with Gasteiger partial charge in [-0.3, -0.25) is 4.79 Å². The Morgan fingerprint density at radius 1 is 0.739 bits per heavy atom. The zero-order valence-corrected chi connectivity index (χ0v) is 29.2. The summed E-state index contributed by atoms with van der Waals surface area (Å²) in [4.78, 5) is 23.1. The van der Waals surface area contributed by atoms with E-state index in [9.17, 15) is 14.9 Å².